The SMILES string of the molecule is CC(C)(C#N)CO[C@H]1COc2ccccc2C1C#[N+]c1ncnc2[nH]c(C(F)(F)F)cc12. The monoisotopic (exact) mass is 442 g/mol. The fourth-order valence-electron chi connectivity index (χ4n) is 3.28. The zero-order valence-electron chi connectivity index (χ0n) is 17.3. The lowest BCUT2D eigenvalue weighted by Gasteiger charge is -2.30. The van der Waals surface area contributed by atoms with Crippen LogP contribution in [0.5, 0.6) is 5.75 Å². The molecule has 2 atom stereocenters. The molecule has 1 aliphatic heterocycles. The number of nitrogens with one attached hydrogen (secondary N) is 1. The summed E-state index contributed by atoms with van der Waals surface area (Å²) in [4.78, 5) is 14.4. The minimum atomic E-state index is -4.54. The Hall–Kier alpha value is -3.63. The highest BCUT2D eigenvalue weighted by atomic mass is 19.4. The van der Waals surface area contributed by atoms with E-state index in [4.69, 9.17) is 9.47 Å². The van der Waals surface area contributed by atoms with Crippen LogP contribution in [0, 0.1) is 22.8 Å². The molecular formula is C22H19F3N5O2+. The molecule has 4 rings (SSSR count). The third-order valence-electron chi connectivity index (χ3n) is 5.01. The van der Waals surface area contributed by atoms with Gasteiger partial charge < -0.3 is 14.5 Å². The summed E-state index contributed by atoms with van der Waals surface area (Å²) in [5.74, 6) is 0.232. The second kappa shape index (κ2) is 8.13. The van der Waals surface area contributed by atoms with Crippen molar-refractivity contribution in [3.05, 3.63) is 52.8 Å². The van der Waals surface area contributed by atoms with E-state index in [1.807, 2.05) is 24.3 Å². The predicted octanol–water partition coefficient (Wildman–Crippen LogP) is 5.05. The van der Waals surface area contributed by atoms with Gasteiger partial charge in [0.25, 0.3) is 0 Å². The van der Waals surface area contributed by atoms with Crippen molar-refractivity contribution in [2.45, 2.75) is 32.0 Å². The number of hydrogen-bond donors (Lipinski definition) is 1. The molecule has 0 radical (unpaired) electrons. The lowest BCUT2D eigenvalue weighted by Crippen LogP contribution is -2.35. The summed E-state index contributed by atoms with van der Waals surface area (Å²) in [7, 11) is 0. The lowest BCUT2D eigenvalue weighted by molar-refractivity contribution is -0.140. The van der Waals surface area contributed by atoms with Crippen LogP contribution in [0.4, 0.5) is 19.0 Å². The number of halogens is 3. The summed E-state index contributed by atoms with van der Waals surface area (Å²) < 4.78 is 51.0. The van der Waals surface area contributed by atoms with E-state index in [0.717, 1.165) is 18.0 Å². The van der Waals surface area contributed by atoms with Crippen molar-refractivity contribution in [3.8, 4) is 17.9 Å². The average molecular weight is 442 g/mol. The van der Waals surface area contributed by atoms with E-state index >= 15 is 0 Å². The van der Waals surface area contributed by atoms with Crippen molar-refractivity contribution in [1.82, 2.24) is 15.0 Å². The Kier molecular flexibility index (Phi) is 5.49. The number of H-pyrrole nitrogens is 1. The maximum absolute atomic E-state index is 13.1. The number of benzene rings is 1. The van der Waals surface area contributed by atoms with E-state index in [1.165, 1.54) is 0 Å². The maximum Gasteiger partial charge on any atom is 0.438 e. The molecule has 1 aliphatic rings. The first-order valence-corrected chi connectivity index (χ1v) is 9.80. The van der Waals surface area contributed by atoms with Crippen LogP contribution >= 0.6 is 0 Å². The van der Waals surface area contributed by atoms with Crippen molar-refractivity contribution in [3.63, 3.8) is 0 Å². The zero-order chi connectivity index (χ0) is 22.9. The highest BCUT2D eigenvalue weighted by molar-refractivity contribution is 5.88. The lowest BCUT2D eigenvalue weighted by atomic mass is 9.91. The number of hydrogen-bond acceptors (Lipinski definition) is 5. The fourth-order valence-corrected chi connectivity index (χ4v) is 3.28. The number of fused-ring (bicyclic) bond motifs is 2. The van der Waals surface area contributed by atoms with E-state index in [-0.39, 0.29) is 30.1 Å². The van der Waals surface area contributed by atoms with Crippen molar-refractivity contribution in [2.24, 2.45) is 5.41 Å². The van der Waals surface area contributed by atoms with Gasteiger partial charge in [-0.25, -0.2) is 0 Å². The van der Waals surface area contributed by atoms with Gasteiger partial charge in [0.2, 0.25) is 6.33 Å². The highest BCUT2D eigenvalue weighted by Crippen LogP contribution is 2.37. The summed E-state index contributed by atoms with van der Waals surface area (Å²) in [5, 5.41) is 9.40. The van der Waals surface area contributed by atoms with Crippen LogP contribution in [-0.4, -0.2) is 34.3 Å². The second-order valence-corrected chi connectivity index (χ2v) is 8.05. The second-order valence-electron chi connectivity index (χ2n) is 8.05. The Morgan fingerprint density at radius 3 is 2.81 bits per heavy atom. The first-order valence-electron chi connectivity index (χ1n) is 9.80. The molecule has 0 amide bonds. The molecule has 2 aromatic heterocycles. The van der Waals surface area contributed by atoms with Gasteiger partial charge in [-0.1, -0.05) is 18.2 Å². The molecule has 10 heteroatoms. The summed E-state index contributed by atoms with van der Waals surface area (Å²) in [6, 6.07) is 13.4. The molecule has 7 nitrogen and oxygen atoms in total. The van der Waals surface area contributed by atoms with E-state index in [0.29, 0.717) is 5.75 Å². The summed E-state index contributed by atoms with van der Waals surface area (Å²) in [5.41, 5.74) is -0.821. The average Bonchev–Trinajstić information content (AvgIpc) is 3.22. The Labute approximate surface area is 181 Å². The fraction of sp³-hybridized carbons (Fsp3) is 0.364. The van der Waals surface area contributed by atoms with Crippen molar-refractivity contribution in [1.29, 1.82) is 5.26 Å². The summed E-state index contributed by atoms with van der Waals surface area (Å²) in [6.45, 7) is 3.91. The van der Waals surface area contributed by atoms with E-state index in [9.17, 15) is 18.4 Å². The molecule has 164 valence electrons. The number of nitrogens with zero attached hydrogens (tertiary/aromatic N) is 4. The van der Waals surface area contributed by atoms with Gasteiger partial charge in [-0.05, 0) is 31.0 Å². The van der Waals surface area contributed by atoms with Gasteiger partial charge in [0, 0.05) is 5.56 Å². The quantitative estimate of drug-likeness (QED) is 0.613. The summed E-state index contributed by atoms with van der Waals surface area (Å²) in [6.07, 6.45) is -3.89. The van der Waals surface area contributed by atoms with Crippen LogP contribution in [-0.2, 0) is 10.9 Å². The molecule has 3 aromatic rings. The van der Waals surface area contributed by atoms with Gasteiger partial charge in [-0.3, -0.25) is 0 Å². The summed E-state index contributed by atoms with van der Waals surface area (Å²) >= 11 is 0. The molecule has 32 heavy (non-hydrogen) atoms. The molecule has 1 N–H and O–H groups in total. The van der Waals surface area contributed by atoms with Crippen LogP contribution in [0.1, 0.15) is 31.0 Å². The largest absolute Gasteiger partial charge is 0.490 e. The Bertz CT molecular complexity index is 1250. The number of para-hydroxylation sites is 1. The van der Waals surface area contributed by atoms with Crippen LogP contribution in [0.25, 0.3) is 15.9 Å². The number of ether oxygens (including phenoxy) is 2. The van der Waals surface area contributed by atoms with Crippen molar-refractivity contribution < 1.29 is 22.6 Å². The standard InChI is InChI=1S/C22H19F3N5O2/c1-21(2,10-26)11-32-17-9-31-16-6-4-3-5-13(16)15(17)8-27-19-14-7-18(22(23,24)25)30-20(14)29-12-28-19/h3-7,12,15,17H,9,11H2,1-2H3,(H,28,29,30)/q+1/t15?,17-/m0/s1. The molecular weight excluding hydrogens is 423 g/mol. The van der Waals surface area contributed by atoms with Crippen LogP contribution in [0.3, 0.4) is 0 Å². The Morgan fingerprint density at radius 2 is 2.06 bits per heavy atom. The normalized spacial score (nSPS) is 18.2. The number of rotatable bonds is 3. The molecule has 3 heterocycles. The molecule has 0 bridgehead atoms. The predicted molar refractivity (Wildman–Crippen MR) is 110 cm³/mol. The minimum Gasteiger partial charge on any atom is -0.490 e. The van der Waals surface area contributed by atoms with Crippen LogP contribution < -0.4 is 4.74 Å². The van der Waals surface area contributed by atoms with Gasteiger partial charge in [-0.2, -0.15) is 28.3 Å². The maximum atomic E-state index is 13.1. The van der Waals surface area contributed by atoms with E-state index < -0.39 is 29.3 Å². The number of aromatic nitrogens is 3. The smallest absolute Gasteiger partial charge is 0.438 e. The third kappa shape index (κ3) is 4.36. The van der Waals surface area contributed by atoms with Gasteiger partial charge in [0.05, 0.1) is 18.1 Å². The molecule has 1 unspecified atom stereocenters. The Balaban J connectivity index is 1.71. The molecule has 0 fully saturated rings. The highest BCUT2D eigenvalue weighted by Gasteiger charge is 2.36. The number of alkyl halides is 3. The van der Waals surface area contributed by atoms with Crippen molar-refractivity contribution in [2.75, 3.05) is 13.2 Å². The van der Waals surface area contributed by atoms with Crippen LogP contribution in [0.2, 0.25) is 0 Å². The molecule has 0 saturated carbocycles. The van der Waals surface area contributed by atoms with Gasteiger partial charge in [0.15, 0.2) is 11.7 Å². The topological polar surface area (TPSA) is 88.2 Å². The van der Waals surface area contributed by atoms with E-state index in [2.05, 4.69) is 31.9 Å². The first kappa shape index (κ1) is 21.6. The molecule has 0 saturated heterocycles. The minimum absolute atomic E-state index is 0.0313. The van der Waals surface area contributed by atoms with E-state index in [1.54, 1.807) is 13.8 Å². The number of nitriles is 1. The van der Waals surface area contributed by atoms with Gasteiger partial charge in [-0.15, -0.1) is 0 Å². The Morgan fingerprint density at radius 1 is 1.28 bits per heavy atom. The third-order valence-corrected chi connectivity index (χ3v) is 5.01. The van der Waals surface area contributed by atoms with Gasteiger partial charge >= 0.3 is 12.0 Å². The molecule has 0 aliphatic carbocycles. The number of aromatic amines is 1. The van der Waals surface area contributed by atoms with Crippen LogP contribution in [0.15, 0.2) is 36.7 Å². The molecule has 0 spiro atoms. The zero-order valence-corrected chi connectivity index (χ0v) is 17.3. The van der Waals surface area contributed by atoms with Crippen molar-refractivity contribution >= 4 is 16.9 Å². The molecule has 1 aromatic carbocycles. The first-order chi connectivity index (χ1) is 15.2. The van der Waals surface area contributed by atoms with Gasteiger partial charge in [0.1, 0.15) is 35.5 Å².